The highest BCUT2D eigenvalue weighted by atomic mass is 32.1. The first-order valence-electron chi connectivity index (χ1n) is 11.7. The van der Waals surface area contributed by atoms with Gasteiger partial charge >= 0.3 is 0 Å². The monoisotopic (exact) mass is 464 g/mol. The Morgan fingerprint density at radius 3 is 2.45 bits per heavy atom. The van der Waals surface area contributed by atoms with Crippen LogP contribution in [0.5, 0.6) is 5.75 Å². The zero-order chi connectivity index (χ0) is 23.5. The van der Waals surface area contributed by atoms with Crippen LogP contribution in [0.1, 0.15) is 60.8 Å². The highest BCUT2D eigenvalue weighted by molar-refractivity contribution is 7.17. The van der Waals surface area contributed by atoms with Gasteiger partial charge in [0, 0.05) is 42.1 Å². The molecule has 0 aliphatic carbocycles. The lowest BCUT2D eigenvalue weighted by Gasteiger charge is -2.02. The Morgan fingerprint density at radius 2 is 1.76 bits per heavy atom. The lowest BCUT2D eigenvalue weighted by Crippen LogP contribution is -2.32. The summed E-state index contributed by atoms with van der Waals surface area (Å²) < 4.78 is 7.38. The molecule has 5 nitrogen and oxygen atoms in total. The SMILES string of the molecule is CCCCCCCC[n+]1ccc(-c2nc(C)c(C(=O)/C=C\Nc3ccc(OC)cc3)s2)cc1. The van der Waals surface area contributed by atoms with Crippen molar-refractivity contribution in [2.75, 3.05) is 12.4 Å². The number of nitrogens with one attached hydrogen (secondary N) is 1. The summed E-state index contributed by atoms with van der Waals surface area (Å²) in [6.45, 7) is 5.18. The molecule has 174 valence electrons. The predicted molar refractivity (Wildman–Crippen MR) is 136 cm³/mol. The van der Waals surface area contributed by atoms with Gasteiger partial charge in [0.2, 0.25) is 0 Å². The maximum absolute atomic E-state index is 12.7. The Labute approximate surface area is 201 Å². The van der Waals surface area contributed by atoms with Crippen LogP contribution in [0.2, 0.25) is 0 Å². The number of anilines is 1. The molecule has 6 heteroatoms. The van der Waals surface area contributed by atoms with Crippen LogP contribution in [0.3, 0.4) is 0 Å². The Kier molecular flexibility index (Phi) is 9.63. The van der Waals surface area contributed by atoms with E-state index >= 15 is 0 Å². The molecule has 0 amide bonds. The average Bonchev–Trinajstić information content (AvgIpc) is 3.23. The largest absolute Gasteiger partial charge is 0.497 e. The number of hydrogen-bond donors (Lipinski definition) is 1. The van der Waals surface area contributed by atoms with E-state index in [1.165, 1.54) is 49.9 Å². The van der Waals surface area contributed by atoms with E-state index in [0.717, 1.165) is 34.2 Å². The number of benzene rings is 1. The lowest BCUT2D eigenvalue weighted by molar-refractivity contribution is -0.697. The second kappa shape index (κ2) is 12.9. The molecular formula is C27H34N3O2S+. The van der Waals surface area contributed by atoms with Crippen molar-refractivity contribution in [1.29, 1.82) is 0 Å². The molecule has 3 aromatic rings. The summed E-state index contributed by atoms with van der Waals surface area (Å²) in [6.07, 6.45) is 15.2. The Hall–Kier alpha value is -2.99. The fourth-order valence-corrected chi connectivity index (χ4v) is 4.54. The van der Waals surface area contributed by atoms with Crippen molar-refractivity contribution in [1.82, 2.24) is 4.98 Å². The number of unbranched alkanes of at least 4 members (excludes halogenated alkanes) is 5. The van der Waals surface area contributed by atoms with Gasteiger partial charge in [-0.2, -0.15) is 0 Å². The summed E-state index contributed by atoms with van der Waals surface area (Å²) in [6, 6.07) is 11.7. The van der Waals surface area contributed by atoms with E-state index in [4.69, 9.17) is 4.74 Å². The summed E-state index contributed by atoms with van der Waals surface area (Å²) in [5.74, 6) is 0.744. The van der Waals surface area contributed by atoms with Crippen LogP contribution in [0.15, 0.2) is 61.1 Å². The minimum Gasteiger partial charge on any atom is -0.497 e. The Bertz CT molecular complexity index is 1040. The van der Waals surface area contributed by atoms with E-state index < -0.39 is 0 Å². The van der Waals surface area contributed by atoms with E-state index in [1.807, 2.05) is 31.2 Å². The maximum atomic E-state index is 12.7. The number of rotatable bonds is 13. The first-order chi connectivity index (χ1) is 16.1. The van der Waals surface area contributed by atoms with Crippen molar-refractivity contribution < 1.29 is 14.1 Å². The zero-order valence-corrected chi connectivity index (χ0v) is 20.7. The quantitative estimate of drug-likeness (QED) is 0.134. The lowest BCUT2D eigenvalue weighted by atomic mass is 10.1. The van der Waals surface area contributed by atoms with E-state index in [-0.39, 0.29) is 5.78 Å². The fraction of sp³-hybridized carbons (Fsp3) is 0.370. The van der Waals surface area contributed by atoms with Crippen LogP contribution < -0.4 is 14.6 Å². The minimum absolute atomic E-state index is 0.0497. The average molecular weight is 465 g/mol. The molecule has 2 aromatic heterocycles. The second-order valence-corrected chi connectivity index (χ2v) is 9.10. The number of nitrogens with zero attached hydrogens (tertiary/aromatic N) is 2. The van der Waals surface area contributed by atoms with Crippen LogP contribution in [-0.4, -0.2) is 17.9 Å². The summed E-state index contributed by atoms with van der Waals surface area (Å²) in [4.78, 5) is 18.0. The number of carbonyl (C=O) groups is 1. The van der Waals surface area contributed by atoms with Gasteiger partial charge in [-0.05, 0) is 37.6 Å². The molecule has 1 N–H and O–H groups in total. The number of aromatic nitrogens is 2. The molecule has 0 fully saturated rings. The normalized spacial score (nSPS) is 11.1. The number of allylic oxidation sites excluding steroid dienone is 1. The van der Waals surface area contributed by atoms with Crippen molar-refractivity contribution in [2.45, 2.75) is 58.9 Å². The van der Waals surface area contributed by atoms with Gasteiger partial charge in [-0.3, -0.25) is 4.79 Å². The summed E-state index contributed by atoms with van der Waals surface area (Å²) >= 11 is 1.44. The molecule has 0 unspecified atom stereocenters. The van der Waals surface area contributed by atoms with Gasteiger partial charge in [0.1, 0.15) is 17.3 Å². The molecule has 2 heterocycles. The number of hydrogen-bond acceptors (Lipinski definition) is 5. The van der Waals surface area contributed by atoms with Gasteiger partial charge in [-0.1, -0.05) is 32.6 Å². The van der Waals surface area contributed by atoms with Crippen LogP contribution in [-0.2, 0) is 6.54 Å². The number of pyridine rings is 1. The fourth-order valence-electron chi connectivity index (χ4n) is 3.55. The van der Waals surface area contributed by atoms with E-state index in [9.17, 15) is 4.79 Å². The molecule has 33 heavy (non-hydrogen) atoms. The van der Waals surface area contributed by atoms with E-state index in [2.05, 4.69) is 46.3 Å². The third-order valence-corrected chi connectivity index (χ3v) is 6.72. The third kappa shape index (κ3) is 7.53. The molecule has 0 saturated heterocycles. The van der Waals surface area contributed by atoms with Crippen LogP contribution in [0.25, 0.3) is 10.6 Å². The Morgan fingerprint density at radius 1 is 1.06 bits per heavy atom. The summed E-state index contributed by atoms with van der Waals surface area (Å²) in [7, 11) is 1.64. The van der Waals surface area contributed by atoms with Gasteiger partial charge in [-0.25, -0.2) is 9.55 Å². The van der Waals surface area contributed by atoms with Crippen LogP contribution in [0, 0.1) is 6.92 Å². The second-order valence-electron chi connectivity index (χ2n) is 8.10. The van der Waals surface area contributed by atoms with Gasteiger partial charge < -0.3 is 10.1 Å². The molecule has 0 aliphatic rings. The molecule has 0 radical (unpaired) electrons. The number of ether oxygens (including phenoxy) is 1. The van der Waals surface area contributed by atoms with Crippen molar-refractivity contribution in [3.8, 4) is 16.3 Å². The van der Waals surface area contributed by atoms with Crippen molar-refractivity contribution >= 4 is 22.8 Å². The van der Waals surface area contributed by atoms with Gasteiger partial charge in [-0.15, -0.1) is 11.3 Å². The number of methoxy groups -OCH3 is 1. The number of aryl methyl sites for hydroxylation is 2. The van der Waals surface area contributed by atoms with Gasteiger partial charge in [0.05, 0.1) is 17.7 Å². The molecular weight excluding hydrogens is 430 g/mol. The third-order valence-electron chi connectivity index (χ3n) is 5.50. The first-order valence-corrected chi connectivity index (χ1v) is 12.5. The van der Waals surface area contributed by atoms with Gasteiger partial charge in [0.25, 0.3) is 0 Å². The number of ketones is 1. The molecule has 0 atom stereocenters. The zero-order valence-electron chi connectivity index (χ0n) is 19.8. The number of carbonyl (C=O) groups excluding carboxylic acids is 1. The van der Waals surface area contributed by atoms with Crippen LogP contribution >= 0.6 is 11.3 Å². The standard InChI is InChI=1S/C27H33N3O2S/c1-4-5-6-7-8-9-18-30-19-15-22(16-20-30)27-29-21(2)26(33-27)25(31)14-17-28-23-10-12-24(32-3)13-11-23/h10-17,19-20H,4-9,18H2,1-3H3/p+1. The summed E-state index contributed by atoms with van der Waals surface area (Å²) in [5.41, 5.74) is 2.69. The topological polar surface area (TPSA) is 55.1 Å². The maximum Gasteiger partial charge on any atom is 0.199 e. The van der Waals surface area contributed by atoms with E-state index in [1.54, 1.807) is 19.4 Å². The first kappa shape index (κ1) is 24.6. The number of thiazole rings is 1. The molecule has 0 bridgehead atoms. The van der Waals surface area contributed by atoms with Crippen molar-refractivity contribution in [2.24, 2.45) is 0 Å². The molecule has 1 aromatic carbocycles. The van der Waals surface area contributed by atoms with Crippen molar-refractivity contribution in [3.63, 3.8) is 0 Å². The van der Waals surface area contributed by atoms with E-state index in [0.29, 0.717) is 4.88 Å². The van der Waals surface area contributed by atoms with Crippen molar-refractivity contribution in [3.05, 3.63) is 71.6 Å². The molecule has 0 aliphatic heterocycles. The molecule has 0 saturated carbocycles. The van der Waals surface area contributed by atoms with Crippen LogP contribution in [0.4, 0.5) is 5.69 Å². The minimum atomic E-state index is -0.0497. The smallest absolute Gasteiger partial charge is 0.199 e. The highest BCUT2D eigenvalue weighted by Gasteiger charge is 2.15. The summed E-state index contributed by atoms with van der Waals surface area (Å²) in [5, 5.41) is 3.99. The highest BCUT2D eigenvalue weighted by Crippen LogP contribution is 2.28. The van der Waals surface area contributed by atoms with Gasteiger partial charge in [0.15, 0.2) is 18.2 Å². The molecule has 0 spiro atoms. The molecule has 3 rings (SSSR count). The Balaban J connectivity index is 1.54. The predicted octanol–water partition coefficient (Wildman–Crippen LogP) is 6.58.